The molecule has 162 valence electrons. The SMILES string of the molecule is I.O=[N+]([O-])c1ccc(CN=C(NCC2CCCCO2)NC2CCS(=O)(=O)C2)cc1. The number of halogens is 1. The number of nitro benzene ring substituents is 1. The largest absolute Gasteiger partial charge is 0.376 e. The summed E-state index contributed by atoms with van der Waals surface area (Å²) in [6.45, 7) is 1.69. The predicted molar refractivity (Wildman–Crippen MR) is 121 cm³/mol. The second kappa shape index (κ2) is 11.1. The molecule has 0 spiro atoms. The molecule has 2 atom stereocenters. The fourth-order valence-corrected chi connectivity index (χ4v) is 5.00. The van der Waals surface area contributed by atoms with E-state index < -0.39 is 14.8 Å². The Bertz CT molecular complexity index is 810. The molecule has 1 aromatic rings. The van der Waals surface area contributed by atoms with Crippen LogP contribution in [0.3, 0.4) is 0 Å². The predicted octanol–water partition coefficient (Wildman–Crippen LogP) is 2.00. The Balaban J connectivity index is 0.00000300. The van der Waals surface area contributed by atoms with Crippen LogP contribution in [-0.2, 0) is 21.1 Å². The third-order valence-corrected chi connectivity index (χ3v) is 6.68. The minimum absolute atomic E-state index is 0. The molecule has 9 nitrogen and oxygen atoms in total. The molecule has 2 fully saturated rings. The van der Waals surface area contributed by atoms with Crippen LogP contribution in [0.25, 0.3) is 0 Å². The Morgan fingerprint density at radius 1 is 1.24 bits per heavy atom. The van der Waals surface area contributed by atoms with E-state index in [1.54, 1.807) is 12.1 Å². The summed E-state index contributed by atoms with van der Waals surface area (Å²) >= 11 is 0. The first-order valence-electron chi connectivity index (χ1n) is 9.51. The number of ether oxygens (including phenoxy) is 1. The fraction of sp³-hybridized carbons (Fsp3) is 0.611. The highest BCUT2D eigenvalue weighted by Gasteiger charge is 2.28. The minimum Gasteiger partial charge on any atom is -0.376 e. The number of hydrogen-bond donors (Lipinski definition) is 2. The fourth-order valence-electron chi connectivity index (χ4n) is 3.33. The number of benzene rings is 1. The Morgan fingerprint density at radius 3 is 2.59 bits per heavy atom. The van der Waals surface area contributed by atoms with Gasteiger partial charge in [0.15, 0.2) is 15.8 Å². The van der Waals surface area contributed by atoms with E-state index in [1.165, 1.54) is 12.1 Å². The molecule has 2 aliphatic rings. The van der Waals surface area contributed by atoms with Crippen molar-refractivity contribution < 1.29 is 18.1 Å². The van der Waals surface area contributed by atoms with Crippen molar-refractivity contribution in [2.75, 3.05) is 24.7 Å². The molecule has 0 amide bonds. The van der Waals surface area contributed by atoms with E-state index >= 15 is 0 Å². The van der Waals surface area contributed by atoms with Gasteiger partial charge in [0.25, 0.3) is 5.69 Å². The second-order valence-corrected chi connectivity index (χ2v) is 9.43. The van der Waals surface area contributed by atoms with E-state index in [9.17, 15) is 18.5 Å². The van der Waals surface area contributed by atoms with E-state index in [0.717, 1.165) is 31.4 Å². The van der Waals surface area contributed by atoms with Crippen LogP contribution in [0.1, 0.15) is 31.2 Å². The molecule has 3 rings (SSSR count). The van der Waals surface area contributed by atoms with Crippen molar-refractivity contribution >= 4 is 45.5 Å². The summed E-state index contributed by atoms with van der Waals surface area (Å²) in [5.41, 5.74) is 0.870. The van der Waals surface area contributed by atoms with Gasteiger partial charge in [-0.1, -0.05) is 12.1 Å². The van der Waals surface area contributed by atoms with Gasteiger partial charge in [-0.3, -0.25) is 10.1 Å². The van der Waals surface area contributed by atoms with Crippen molar-refractivity contribution in [2.24, 2.45) is 4.99 Å². The van der Waals surface area contributed by atoms with Gasteiger partial charge in [0.2, 0.25) is 0 Å². The Kier molecular flexibility index (Phi) is 9.08. The number of nitrogens with one attached hydrogen (secondary N) is 2. The molecule has 29 heavy (non-hydrogen) atoms. The van der Waals surface area contributed by atoms with Crippen LogP contribution in [0.2, 0.25) is 0 Å². The van der Waals surface area contributed by atoms with E-state index in [4.69, 9.17) is 4.74 Å². The summed E-state index contributed by atoms with van der Waals surface area (Å²) in [4.78, 5) is 14.9. The quantitative estimate of drug-likeness (QED) is 0.187. The Labute approximate surface area is 187 Å². The maximum atomic E-state index is 11.7. The molecule has 2 heterocycles. The number of rotatable bonds is 6. The van der Waals surface area contributed by atoms with Crippen molar-refractivity contribution in [3.05, 3.63) is 39.9 Å². The van der Waals surface area contributed by atoms with Crippen molar-refractivity contribution in [3.8, 4) is 0 Å². The van der Waals surface area contributed by atoms with Gasteiger partial charge < -0.3 is 15.4 Å². The molecular formula is C18H27IN4O5S. The molecule has 0 bridgehead atoms. The maximum absolute atomic E-state index is 11.7. The van der Waals surface area contributed by atoms with Crippen molar-refractivity contribution in [1.29, 1.82) is 0 Å². The van der Waals surface area contributed by atoms with Gasteiger partial charge in [-0.15, -0.1) is 24.0 Å². The summed E-state index contributed by atoms with van der Waals surface area (Å²) in [6.07, 6.45) is 3.87. The van der Waals surface area contributed by atoms with Crippen LogP contribution in [0.15, 0.2) is 29.3 Å². The van der Waals surface area contributed by atoms with E-state index in [1.807, 2.05) is 0 Å². The van der Waals surface area contributed by atoms with Crippen LogP contribution in [0.4, 0.5) is 5.69 Å². The molecular weight excluding hydrogens is 511 g/mol. The monoisotopic (exact) mass is 538 g/mol. The molecule has 0 aromatic heterocycles. The third kappa shape index (κ3) is 7.70. The first kappa shape index (κ1) is 23.8. The molecule has 2 N–H and O–H groups in total. The van der Waals surface area contributed by atoms with E-state index in [2.05, 4.69) is 15.6 Å². The standard InChI is InChI=1S/C18H26N4O5S.HI/c23-22(24)16-6-4-14(5-7-16)11-19-18(20-12-17-3-1-2-9-27-17)21-15-8-10-28(25,26)13-15;/h4-7,15,17H,1-3,8-13H2,(H2,19,20,21);1H. The molecule has 0 saturated carbocycles. The topological polar surface area (TPSA) is 123 Å². The summed E-state index contributed by atoms with van der Waals surface area (Å²) in [6, 6.07) is 6.07. The maximum Gasteiger partial charge on any atom is 0.269 e. The number of aliphatic imine (C=N–C) groups is 1. The van der Waals surface area contributed by atoms with Gasteiger partial charge in [0, 0.05) is 31.3 Å². The highest BCUT2D eigenvalue weighted by molar-refractivity contribution is 14.0. The lowest BCUT2D eigenvalue weighted by Crippen LogP contribution is -2.47. The Morgan fingerprint density at radius 2 is 2.00 bits per heavy atom. The number of non-ortho nitro benzene ring substituents is 1. The number of hydrogen-bond acceptors (Lipinski definition) is 6. The summed E-state index contributed by atoms with van der Waals surface area (Å²) < 4.78 is 29.2. The molecule has 1 aromatic carbocycles. The normalized spacial score (nSPS) is 23.8. The van der Waals surface area contributed by atoms with E-state index in [0.29, 0.717) is 25.5 Å². The first-order chi connectivity index (χ1) is 13.4. The molecule has 11 heteroatoms. The van der Waals surface area contributed by atoms with Crippen molar-refractivity contribution in [3.63, 3.8) is 0 Å². The van der Waals surface area contributed by atoms with Crippen LogP contribution in [0.5, 0.6) is 0 Å². The van der Waals surface area contributed by atoms with Crippen molar-refractivity contribution in [2.45, 2.75) is 44.4 Å². The van der Waals surface area contributed by atoms with Gasteiger partial charge in [0.05, 0.1) is 29.1 Å². The van der Waals surface area contributed by atoms with Crippen molar-refractivity contribution in [1.82, 2.24) is 10.6 Å². The highest BCUT2D eigenvalue weighted by atomic mass is 127. The van der Waals surface area contributed by atoms with E-state index in [-0.39, 0.29) is 53.3 Å². The highest BCUT2D eigenvalue weighted by Crippen LogP contribution is 2.14. The smallest absolute Gasteiger partial charge is 0.269 e. The summed E-state index contributed by atoms with van der Waals surface area (Å²) in [7, 11) is -2.99. The van der Waals surface area contributed by atoms with Crippen LogP contribution >= 0.6 is 24.0 Å². The first-order valence-corrected chi connectivity index (χ1v) is 11.3. The second-order valence-electron chi connectivity index (χ2n) is 7.20. The molecule has 2 unspecified atom stereocenters. The Hall–Kier alpha value is -1.47. The molecule has 0 aliphatic carbocycles. The van der Waals surface area contributed by atoms with Crippen LogP contribution < -0.4 is 10.6 Å². The number of sulfone groups is 1. The summed E-state index contributed by atoms with van der Waals surface area (Å²) in [5, 5.41) is 17.2. The van der Waals surface area contributed by atoms with Gasteiger partial charge in [-0.05, 0) is 31.2 Å². The lowest BCUT2D eigenvalue weighted by molar-refractivity contribution is -0.384. The zero-order valence-electron chi connectivity index (χ0n) is 16.1. The lowest BCUT2D eigenvalue weighted by Gasteiger charge is -2.24. The zero-order chi connectivity index (χ0) is 20.0. The molecule has 0 radical (unpaired) electrons. The minimum atomic E-state index is -2.99. The lowest BCUT2D eigenvalue weighted by atomic mass is 10.1. The number of nitro groups is 1. The van der Waals surface area contributed by atoms with Crippen LogP contribution in [0, 0.1) is 10.1 Å². The number of nitrogens with zero attached hydrogens (tertiary/aromatic N) is 2. The summed E-state index contributed by atoms with van der Waals surface area (Å²) in [5.74, 6) is 0.826. The van der Waals surface area contributed by atoms with Gasteiger partial charge >= 0.3 is 0 Å². The molecule has 2 aliphatic heterocycles. The average molecular weight is 538 g/mol. The third-order valence-electron chi connectivity index (χ3n) is 4.91. The van der Waals surface area contributed by atoms with Gasteiger partial charge in [-0.25, -0.2) is 13.4 Å². The average Bonchev–Trinajstić information content (AvgIpc) is 3.03. The van der Waals surface area contributed by atoms with Gasteiger partial charge in [-0.2, -0.15) is 0 Å². The zero-order valence-corrected chi connectivity index (χ0v) is 19.2. The number of guanidine groups is 1. The molecule has 2 saturated heterocycles. The van der Waals surface area contributed by atoms with Gasteiger partial charge in [0.1, 0.15) is 0 Å². The van der Waals surface area contributed by atoms with Crippen LogP contribution in [-0.4, -0.2) is 56.1 Å².